The molecular formula is C11H11ClFNO4. The Morgan fingerprint density at radius 2 is 2.22 bits per heavy atom. The molecule has 0 heterocycles. The number of benzene rings is 1. The molecule has 0 saturated carbocycles. The molecule has 2 N–H and O–H groups in total. The summed E-state index contributed by atoms with van der Waals surface area (Å²) in [7, 11) is 1.35. The van der Waals surface area contributed by atoms with E-state index in [0.29, 0.717) is 0 Å². The monoisotopic (exact) mass is 275 g/mol. The number of carbonyl (C=O) groups excluding carboxylic acids is 1. The van der Waals surface area contributed by atoms with Crippen molar-refractivity contribution in [2.24, 2.45) is 0 Å². The minimum atomic E-state index is -1.60. The Hall–Kier alpha value is -1.82. The number of halogens is 2. The summed E-state index contributed by atoms with van der Waals surface area (Å²) in [4.78, 5) is 22.4. The number of hydrogen-bond acceptors (Lipinski definition) is 3. The van der Waals surface area contributed by atoms with E-state index in [1.807, 2.05) is 5.32 Å². The first-order chi connectivity index (χ1) is 8.49. The highest BCUT2D eigenvalue weighted by molar-refractivity contribution is 6.31. The summed E-state index contributed by atoms with van der Waals surface area (Å²) in [6.45, 7) is -1.20. The van der Waals surface area contributed by atoms with E-state index in [1.54, 1.807) is 0 Å². The third-order valence-corrected chi connectivity index (χ3v) is 2.40. The number of hydrogen-bond donors (Lipinski definition) is 2. The van der Waals surface area contributed by atoms with Crippen molar-refractivity contribution in [3.63, 3.8) is 0 Å². The first kappa shape index (κ1) is 14.2. The maximum absolute atomic E-state index is 12.4. The Bertz CT molecular complexity index is 466. The van der Waals surface area contributed by atoms with E-state index in [9.17, 15) is 14.0 Å². The first-order valence-electron chi connectivity index (χ1n) is 4.92. The molecule has 0 bridgehead atoms. The van der Waals surface area contributed by atoms with Gasteiger partial charge in [0.05, 0.1) is 12.7 Å². The van der Waals surface area contributed by atoms with E-state index in [-0.39, 0.29) is 16.3 Å². The molecule has 0 aliphatic heterocycles. The predicted molar refractivity (Wildman–Crippen MR) is 62.9 cm³/mol. The lowest BCUT2D eigenvalue weighted by Gasteiger charge is -2.13. The molecule has 98 valence electrons. The number of alkyl halides is 1. The van der Waals surface area contributed by atoms with Crippen molar-refractivity contribution in [2.45, 2.75) is 6.04 Å². The van der Waals surface area contributed by atoms with Crippen molar-refractivity contribution in [1.29, 1.82) is 0 Å². The van der Waals surface area contributed by atoms with Crippen LogP contribution in [0.25, 0.3) is 0 Å². The van der Waals surface area contributed by atoms with Crippen LogP contribution in [0.5, 0.6) is 5.75 Å². The van der Waals surface area contributed by atoms with Gasteiger partial charge in [-0.1, -0.05) is 11.6 Å². The maximum Gasteiger partial charge on any atom is 0.328 e. The summed E-state index contributed by atoms with van der Waals surface area (Å²) < 4.78 is 17.3. The molecule has 1 unspecified atom stereocenters. The fraction of sp³-hybridized carbons (Fsp3) is 0.273. The van der Waals surface area contributed by atoms with Crippen LogP contribution in [0.15, 0.2) is 18.2 Å². The maximum atomic E-state index is 12.4. The zero-order valence-corrected chi connectivity index (χ0v) is 10.2. The quantitative estimate of drug-likeness (QED) is 0.854. The topological polar surface area (TPSA) is 75.6 Å². The number of carboxylic acid groups (broad SMARTS) is 1. The van der Waals surface area contributed by atoms with E-state index in [2.05, 4.69) is 0 Å². The Balaban J connectivity index is 2.96. The van der Waals surface area contributed by atoms with Gasteiger partial charge in [-0.25, -0.2) is 9.18 Å². The Kier molecular flexibility index (Phi) is 4.91. The van der Waals surface area contributed by atoms with E-state index < -0.39 is 24.6 Å². The second-order valence-corrected chi connectivity index (χ2v) is 3.80. The zero-order valence-electron chi connectivity index (χ0n) is 9.44. The molecule has 1 rings (SSSR count). The Labute approximate surface area is 108 Å². The van der Waals surface area contributed by atoms with Crippen LogP contribution in [-0.2, 0) is 4.79 Å². The van der Waals surface area contributed by atoms with Crippen molar-refractivity contribution in [3.05, 3.63) is 28.8 Å². The van der Waals surface area contributed by atoms with E-state index in [4.69, 9.17) is 21.4 Å². The van der Waals surface area contributed by atoms with Gasteiger partial charge in [0.25, 0.3) is 5.91 Å². The molecule has 1 aromatic rings. The molecule has 0 saturated heterocycles. The average molecular weight is 276 g/mol. The number of ether oxygens (including phenoxy) is 1. The van der Waals surface area contributed by atoms with Gasteiger partial charge in [0.1, 0.15) is 12.4 Å². The zero-order chi connectivity index (χ0) is 13.7. The van der Waals surface area contributed by atoms with E-state index >= 15 is 0 Å². The van der Waals surface area contributed by atoms with Gasteiger partial charge in [0, 0.05) is 5.02 Å². The van der Waals surface area contributed by atoms with Gasteiger partial charge in [0.15, 0.2) is 6.04 Å². The number of carbonyl (C=O) groups is 2. The van der Waals surface area contributed by atoms with Gasteiger partial charge in [0.2, 0.25) is 0 Å². The molecule has 1 atom stereocenters. The highest BCUT2D eigenvalue weighted by Gasteiger charge is 2.22. The van der Waals surface area contributed by atoms with Crippen LogP contribution < -0.4 is 10.1 Å². The molecule has 1 amide bonds. The number of methoxy groups -OCH3 is 1. The van der Waals surface area contributed by atoms with Gasteiger partial charge < -0.3 is 15.2 Å². The Morgan fingerprint density at radius 1 is 1.56 bits per heavy atom. The van der Waals surface area contributed by atoms with Crippen LogP contribution in [0.3, 0.4) is 0 Å². The minimum absolute atomic E-state index is 0.0460. The molecule has 7 heteroatoms. The fourth-order valence-corrected chi connectivity index (χ4v) is 1.43. The third-order valence-electron chi connectivity index (χ3n) is 2.16. The molecule has 0 aromatic heterocycles. The van der Waals surface area contributed by atoms with Crippen LogP contribution in [0.4, 0.5) is 4.39 Å². The molecule has 0 radical (unpaired) electrons. The highest BCUT2D eigenvalue weighted by Crippen LogP contribution is 2.22. The lowest BCUT2D eigenvalue weighted by Crippen LogP contribution is -2.42. The summed E-state index contributed by atoms with van der Waals surface area (Å²) in [5.74, 6) is -1.99. The van der Waals surface area contributed by atoms with Crippen LogP contribution in [0, 0.1) is 0 Å². The average Bonchev–Trinajstić information content (AvgIpc) is 2.35. The second-order valence-electron chi connectivity index (χ2n) is 3.36. The molecule has 5 nitrogen and oxygen atoms in total. The highest BCUT2D eigenvalue weighted by atomic mass is 35.5. The standard InChI is InChI=1S/C11H11ClFNO4/c1-18-9-3-2-6(12)4-7(9)10(15)14-8(5-13)11(16)17/h2-4,8H,5H2,1H3,(H,14,15)(H,16,17). The molecule has 1 aromatic carbocycles. The van der Waals surface area contributed by atoms with Crippen molar-refractivity contribution in [2.75, 3.05) is 13.8 Å². The summed E-state index contributed by atoms with van der Waals surface area (Å²) in [5, 5.41) is 11.0. The molecule has 0 aliphatic carbocycles. The fourth-order valence-electron chi connectivity index (χ4n) is 1.26. The normalized spacial score (nSPS) is 11.7. The van der Waals surface area contributed by atoms with Gasteiger partial charge in [-0.2, -0.15) is 0 Å². The molecule has 0 spiro atoms. The van der Waals surface area contributed by atoms with E-state index in [1.165, 1.54) is 25.3 Å². The Morgan fingerprint density at radius 3 is 2.72 bits per heavy atom. The number of amides is 1. The molecule has 0 aliphatic rings. The van der Waals surface area contributed by atoms with Crippen molar-refractivity contribution in [3.8, 4) is 5.75 Å². The summed E-state index contributed by atoms with van der Waals surface area (Å²) in [6.07, 6.45) is 0. The van der Waals surface area contributed by atoms with Crippen molar-refractivity contribution >= 4 is 23.5 Å². The van der Waals surface area contributed by atoms with E-state index in [0.717, 1.165) is 0 Å². The van der Waals surface area contributed by atoms with Gasteiger partial charge >= 0.3 is 5.97 Å². The van der Waals surface area contributed by atoms with Gasteiger partial charge in [-0.3, -0.25) is 4.79 Å². The van der Waals surface area contributed by atoms with Crippen molar-refractivity contribution < 1.29 is 23.8 Å². The summed E-state index contributed by atoms with van der Waals surface area (Å²) in [5.41, 5.74) is 0.0460. The second kappa shape index (κ2) is 6.20. The van der Waals surface area contributed by atoms with Crippen molar-refractivity contribution in [1.82, 2.24) is 5.32 Å². The number of carboxylic acids is 1. The molecule has 18 heavy (non-hydrogen) atoms. The molecule has 0 fully saturated rings. The lowest BCUT2D eigenvalue weighted by atomic mass is 10.1. The van der Waals surface area contributed by atoms with Crippen LogP contribution >= 0.6 is 11.6 Å². The summed E-state index contributed by atoms with van der Waals surface area (Å²) in [6, 6.07) is 2.69. The van der Waals surface area contributed by atoms with Gasteiger partial charge in [-0.15, -0.1) is 0 Å². The lowest BCUT2D eigenvalue weighted by molar-refractivity contribution is -0.139. The summed E-state index contributed by atoms with van der Waals surface area (Å²) >= 11 is 5.72. The third kappa shape index (κ3) is 3.33. The van der Waals surface area contributed by atoms with Crippen LogP contribution in [0.2, 0.25) is 5.02 Å². The number of rotatable bonds is 5. The number of aliphatic carboxylic acids is 1. The minimum Gasteiger partial charge on any atom is -0.496 e. The largest absolute Gasteiger partial charge is 0.496 e. The van der Waals surface area contributed by atoms with Gasteiger partial charge in [-0.05, 0) is 18.2 Å². The SMILES string of the molecule is COc1ccc(Cl)cc1C(=O)NC(CF)C(=O)O. The smallest absolute Gasteiger partial charge is 0.328 e. The molecular weight excluding hydrogens is 265 g/mol. The predicted octanol–water partition coefficient (Wildman–Crippen LogP) is 1.50. The van der Waals surface area contributed by atoms with Crippen LogP contribution in [-0.4, -0.2) is 36.8 Å². The first-order valence-corrected chi connectivity index (χ1v) is 5.30. The van der Waals surface area contributed by atoms with Crippen LogP contribution in [0.1, 0.15) is 10.4 Å². The number of nitrogens with one attached hydrogen (secondary N) is 1.